The molecule has 0 radical (unpaired) electrons. The van der Waals surface area contributed by atoms with Gasteiger partial charge in [0.2, 0.25) is 0 Å². The Bertz CT molecular complexity index is 881. The molecule has 1 aromatic carbocycles. The van der Waals surface area contributed by atoms with Crippen molar-refractivity contribution < 1.29 is 37.0 Å². The third-order valence-corrected chi connectivity index (χ3v) is 3.84. The molecule has 0 saturated heterocycles. The Morgan fingerprint density at radius 2 is 1.86 bits per heavy atom. The molecule has 0 unspecified atom stereocenters. The number of halogens is 4. The zero-order valence-corrected chi connectivity index (χ0v) is 14.8. The number of hydrogen-bond acceptors (Lipinski definition) is 5. The van der Waals surface area contributed by atoms with Crippen LogP contribution in [-0.4, -0.2) is 28.4 Å². The number of Topliss-reactive ketones (excluding diaryl/α,β-unsaturated/α-hetero) is 1. The van der Waals surface area contributed by atoms with Crippen molar-refractivity contribution in [3.63, 3.8) is 0 Å². The molecule has 28 heavy (non-hydrogen) atoms. The van der Waals surface area contributed by atoms with Gasteiger partial charge >= 0.3 is 12.1 Å². The van der Waals surface area contributed by atoms with Crippen molar-refractivity contribution in [2.45, 2.75) is 32.4 Å². The van der Waals surface area contributed by atoms with Gasteiger partial charge in [-0.15, -0.1) is 0 Å². The number of carbonyl (C=O) groups is 2. The summed E-state index contributed by atoms with van der Waals surface area (Å²) < 4.78 is 58.0. The fourth-order valence-corrected chi connectivity index (χ4v) is 2.55. The van der Waals surface area contributed by atoms with E-state index < -0.39 is 52.7 Å². The SMILES string of the molecule is CCOC(=O)CCC(=O)c1nc(Cc2c(F)cccc2C(F)(F)F)ccc1O. The zero-order chi connectivity index (χ0) is 20.9. The summed E-state index contributed by atoms with van der Waals surface area (Å²) in [5.74, 6) is -2.83. The Morgan fingerprint density at radius 1 is 1.14 bits per heavy atom. The Labute approximate surface area is 158 Å². The highest BCUT2D eigenvalue weighted by Crippen LogP contribution is 2.34. The minimum absolute atomic E-state index is 0.0344. The first-order chi connectivity index (χ1) is 13.1. The average molecular weight is 399 g/mol. The maximum absolute atomic E-state index is 14.0. The number of benzene rings is 1. The maximum Gasteiger partial charge on any atom is 0.416 e. The lowest BCUT2D eigenvalue weighted by Gasteiger charge is -2.14. The highest BCUT2D eigenvalue weighted by molar-refractivity contribution is 5.98. The van der Waals surface area contributed by atoms with Crippen LogP contribution in [0.3, 0.4) is 0 Å². The van der Waals surface area contributed by atoms with Crippen LogP contribution in [0.15, 0.2) is 30.3 Å². The van der Waals surface area contributed by atoms with Gasteiger partial charge in [0.1, 0.15) is 17.3 Å². The predicted molar refractivity (Wildman–Crippen MR) is 90.3 cm³/mol. The van der Waals surface area contributed by atoms with Gasteiger partial charge in [-0.05, 0) is 31.2 Å². The number of hydrogen-bond donors (Lipinski definition) is 1. The quantitative estimate of drug-likeness (QED) is 0.432. The topological polar surface area (TPSA) is 76.5 Å². The first-order valence-corrected chi connectivity index (χ1v) is 8.35. The lowest BCUT2D eigenvalue weighted by Crippen LogP contribution is -2.13. The molecule has 0 aliphatic heterocycles. The van der Waals surface area contributed by atoms with Gasteiger partial charge in [-0.2, -0.15) is 13.2 Å². The van der Waals surface area contributed by atoms with Crippen molar-refractivity contribution in [1.82, 2.24) is 4.98 Å². The summed E-state index contributed by atoms with van der Waals surface area (Å²) in [4.78, 5) is 27.4. The van der Waals surface area contributed by atoms with Crippen molar-refractivity contribution >= 4 is 11.8 Å². The molecule has 1 aromatic heterocycles. The molecule has 0 amide bonds. The normalized spacial score (nSPS) is 11.3. The molecular weight excluding hydrogens is 382 g/mol. The Hall–Kier alpha value is -2.97. The van der Waals surface area contributed by atoms with Crippen LogP contribution in [-0.2, 0) is 22.1 Å². The molecule has 0 saturated carbocycles. The summed E-state index contributed by atoms with van der Waals surface area (Å²) >= 11 is 0. The molecule has 0 aliphatic carbocycles. The number of alkyl halides is 3. The lowest BCUT2D eigenvalue weighted by molar-refractivity contribution is -0.143. The Morgan fingerprint density at radius 3 is 2.50 bits per heavy atom. The van der Waals surface area contributed by atoms with Crippen LogP contribution >= 0.6 is 0 Å². The molecule has 2 rings (SSSR count). The molecule has 1 heterocycles. The van der Waals surface area contributed by atoms with Gasteiger partial charge in [0.25, 0.3) is 0 Å². The van der Waals surface area contributed by atoms with E-state index in [1.807, 2.05) is 0 Å². The van der Waals surface area contributed by atoms with E-state index in [2.05, 4.69) is 4.98 Å². The minimum Gasteiger partial charge on any atom is -0.506 e. The first kappa shape index (κ1) is 21.3. The number of carbonyl (C=O) groups excluding carboxylic acids is 2. The van der Waals surface area contributed by atoms with Crippen molar-refractivity contribution in [3.05, 3.63) is 58.7 Å². The predicted octanol–water partition coefficient (Wildman–Crippen LogP) is 4.06. The lowest BCUT2D eigenvalue weighted by atomic mass is 10.0. The van der Waals surface area contributed by atoms with E-state index >= 15 is 0 Å². The van der Waals surface area contributed by atoms with E-state index in [4.69, 9.17) is 4.74 Å². The number of esters is 1. The van der Waals surface area contributed by atoms with E-state index in [-0.39, 0.29) is 25.1 Å². The highest BCUT2D eigenvalue weighted by Gasteiger charge is 2.34. The van der Waals surface area contributed by atoms with Crippen LogP contribution in [0.5, 0.6) is 5.75 Å². The Balaban J connectivity index is 2.27. The van der Waals surface area contributed by atoms with E-state index in [0.717, 1.165) is 24.3 Å². The minimum atomic E-state index is -4.76. The van der Waals surface area contributed by atoms with E-state index in [9.17, 15) is 32.3 Å². The third kappa shape index (κ3) is 5.28. The standard InChI is InChI=1S/C19H17F4NO4/c1-2-28-17(27)9-8-16(26)18-15(25)7-6-11(24-18)10-12-13(19(21,22)23)4-3-5-14(12)20/h3-7,25H,2,8-10H2,1H3. The summed E-state index contributed by atoms with van der Waals surface area (Å²) in [6, 6.07) is 4.90. The zero-order valence-electron chi connectivity index (χ0n) is 14.8. The average Bonchev–Trinajstić information content (AvgIpc) is 2.62. The van der Waals surface area contributed by atoms with Crippen LogP contribution in [0.2, 0.25) is 0 Å². The van der Waals surface area contributed by atoms with Gasteiger partial charge in [0.15, 0.2) is 5.78 Å². The molecule has 9 heteroatoms. The number of ether oxygens (including phenoxy) is 1. The number of rotatable bonds is 7. The first-order valence-electron chi connectivity index (χ1n) is 8.35. The van der Waals surface area contributed by atoms with Gasteiger partial charge in [-0.1, -0.05) is 6.07 Å². The van der Waals surface area contributed by atoms with Crippen molar-refractivity contribution in [3.8, 4) is 5.75 Å². The highest BCUT2D eigenvalue weighted by atomic mass is 19.4. The molecule has 150 valence electrons. The number of nitrogens with zero attached hydrogens (tertiary/aromatic N) is 1. The number of pyridine rings is 1. The van der Waals surface area contributed by atoms with Crippen LogP contribution in [0.4, 0.5) is 17.6 Å². The number of aromatic nitrogens is 1. The summed E-state index contributed by atoms with van der Waals surface area (Å²) in [7, 11) is 0. The van der Waals surface area contributed by atoms with Crippen LogP contribution in [0, 0.1) is 5.82 Å². The monoisotopic (exact) mass is 399 g/mol. The van der Waals surface area contributed by atoms with Gasteiger partial charge in [-0.25, -0.2) is 9.37 Å². The van der Waals surface area contributed by atoms with Gasteiger partial charge in [-0.3, -0.25) is 9.59 Å². The van der Waals surface area contributed by atoms with Crippen molar-refractivity contribution in [2.75, 3.05) is 6.61 Å². The van der Waals surface area contributed by atoms with Gasteiger partial charge in [0, 0.05) is 24.1 Å². The van der Waals surface area contributed by atoms with E-state index in [1.165, 1.54) is 6.07 Å². The number of aromatic hydroxyl groups is 1. The number of ketones is 1. The molecule has 2 aromatic rings. The molecule has 5 nitrogen and oxygen atoms in total. The second-order valence-corrected chi connectivity index (χ2v) is 5.84. The van der Waals surface area contributed by atoms with Crippen molar-refractivity contribution in [2.24, 2.45) is 0 Å². The molecule has 0 bridgehead atoms. The fourth-order valence-electron chi connectivity index (χ4n) is 2.55. The van der Waals surface area contributed by atoms with Crippen molar-refractivity contribution in [1.29, 1.82) is 0 Å². The van der Waals surface area contributed by atoms with Gasteiger partial charge in [0.05, 0.1) is 18.6 Å². The maximum atomic E-state index is 14.0. The molecular formula is C19H17F4NO4. The Kier molecular flexibility index (Phi) is 6.71. The smallest absolute Gasteiger partial charge is 0.416 e. The largest absolute Gasteiger partial charge is 0.506 e. The van der Waals surface area contributed by atoms with Gasteiger partial charge < -0.3 is 9.84 Å². The fraction of sp³-hybridized carbons (Fsp3) is 0.316. The third-order valence-electron chi connectivity index (χ3n) is 3.84. The molecule has 1 N–H and O–H groups in total. The molecule has 0 fully saturated rings. The summed E-state index contributed by atoms with van der Waals surface area (Å²) in [5, 5.41) is 9.82. The van der Waals surface area contributed by atoms with E-state index in [0.29, 0.717) is 0 Å². The summed E-state index contributed by atoms with van der Waals surface area (Å²) in [5.41, 5.74) is -2.18. The van der Waals surface area contributed by atoms with Crippen LogP contribution in [0.25, 0.3) is 0 Å². The second-order valence-electron chi connectivity index (χ2n) is 5.84. The van der Waals surface area contributed by atoms with Crippen LogP contribution in [0.1, 0.15) is 47.1 Å². The molecule has 0 atom stereocenters. The summed E-state index contributed by atoms with van der Waals surface area (Å²) in [6.45, 7) is 1.75. The summed E-state index contributed by atoms with van der Waals surface area (Å²) in [6.07, 6.45) is -5.81. The van der Waals surface area contributed by atoms with E-state index in [1.54, 1.807) is 6.92 Å². The molecule has 0 spiro atoms. The molecule has 0 aliphatic rings. The second kappa shape index (κ2) is 8.81. The van der Waals surface area contributed by atoms with Crippen LogP contribution < -0.4 is 0 Å².